The molecule has 1 aromatic rings. The number of sulfone groups is 1. The Morgan fingerprint density at radius 3 is 2.76 bits per heavy atom. The quantitative estimate of drug-likeness (QED) is 0.794. The molecule has 0 radical (unpaired) electrons. The van der Waals surface area contributed by atoms with Gasteiger partial charge in [0.1, 0.15) is 0 Å². The summed E-state index contributed by atoms with van der Waals surface area (Å²) in [6.45, 7) is 4.19. The molecule has 1 aliphatic heterocycles. The molecule has 21 heavy (non-hydrogen) atoms. The van der Waals surface area contributed by atoms with E-state index in [2.05, 4.69) is 12.8 Å². The van der Waals surface area contributed by atoms with E-state index in [9.17, 15) is 13.2 Å². The zero-order chi connectivity index (χ0) is 15.6. The second-order valence-electron chi connectivity index (χ2n) is 5.26. The van der Waals surface area contributed by atoms with Gasteiger partial charge >= 0.3 is 0 Å². The second kappa shape index (κ2) is 6.20. The lowest BCUT2D eigenvalue weighted by molar-refractivity contribution is 0.0729. The van der Waals surface area contributed by atoms with Crippen molar-refractivity contribution >= 4 is 27.1 Å². The fourth-order valence-corrected chi connectivity index (χ4v) is 5.40. The van der Waals surface area contributed by atoms with E-state index in [1.54, 1.807) is 0 Å². The molecule has 1 fully saturated rings. The Morgan fingerprint density at radius 1 is 1.57 bits per heavy atom. The third-order valence-corrected chi connectivity index (χ3v) is 6.84. The SMILES string of the molecule is C#CCN(C(=O)c1cc(C)c(CC)s1)C1CCS(=O)(=O)C1. The summed E-state index contributed by atoms with van der Waals surface area (Å²) in [6.07, 6.45) is 6.71. The van der Waals surface area contributed by atoms with E-state index in [0.29, 0.717) is 11.3 Å². The van der Waals surface area contributed by atoms with Gasteiger partial charge in [0.25, 0.3) is 5.91 Å². The molecule has 1 unspecified atom stereocenters. The number of amides is 1. The highest BCUT2D eigenvalue weighted by Gasteiger charge is 2.35. The highest BCUT2D eigenvalue weighted by atomic mass is 32.2. The highest BCUT2D eigenvalue weighted by Crippen LogP contribution is 2.26. The van der Waals surface area contributed by atoms with Crippen LogP contribution in [0.1, 0.15) is 33.5 Å². The minimum absolute atomic E-state index is 0.0193. The van der Waals surface area contributed by atoms with E-state index < -0.39 is 9.84 Å². The standard InChI is InChI=1S/C15H19NO3S2/c1-4-7-16(12-6-8-21(18,19)10-12)15(17)14-9-11(3)13(5-2)20-14/h1,9,12H,5-8,10H2,2-3H3. The van der Waals surface area contributed by atoms with Gasteiger partial charge in [-0.15, -0.1) is 17.8 Å². The zero-order valence-electron chi connectivity index (χ0n) is 12.3. The Bertz CT molecular complexity index is 682. The van der Waals surface area contributed by atoms with Gasteiger partial charge in [0.15, 0.2) is 9.84 Å². The molecule has 0 N–H and O–H groups in total. The summed E-state index contributed by atoms with van der Waals surface area (Å²) >= 11 is 1.47. The Labute approximate surface area is 130 Å². The summed E-state index contributed by atoms with van der Waals surface area (Å²) in [7, 11) is -3.04. The van der Waals surface area contributed by atoms with Crippen molar-refractivity contribution in [2.75, 3.05) is 18.1 Å². The largest absolute Gasteiger partial charge is 0.323 e. The first-order valence-corrected chi connectivity index (χ1v) is 9.56. The summed E-state index contributed by atoms with van der Waals surface area (Å²) < 4.78 is 23.3. The summed E-state index contributed by atoms with van der Waals surface area (Å²) in [5.41, 5.74) is 1.10. The van der Waals surface area contributed by atoms with E-state index in [4.69, 9.17) is 6.42 Å². The van der Waals surface area contributed by atoms with Crippen molar-refractivity contribution in [1.82, 2.24) is 4.90 Å². The Kier molecular flexibility index (Phi) is 4.74. The van der Waals surface area contributed by atoms with Gasteiger partial charge in [-0.1, -0.05) is 12.8 Å². The maximum absolute atomic E-state index is 12.7. The molecule has 4 nitrogen and oxygen atoms in total. The van der Waals surface area contributed by atoms with Crippen molar-refractivity contribution in [1.29, 1.82) is 0 Å². The maximum atomic E-state index is 12.7. The molecule has 0 saturated carbocycles. The number of thiophene rings is 1. The topological polar surface area (TPSA) is 54.5 Å². The van der Waals surface area contributed by atoms with Crippen molar-refractivity contribution in [2.45, 2.75) is 32.7 Å². The first-order valence-electron chi connectivity index (χ1n) is 6.92. The number of carbonyl (C=O) groups is 1. The average molecular weight is 325 g/mol. The number of terminal acetylenes is 1. The number of rotatable bonds is 4. The Balaban J connectivity index is 2.25. The fourth-order valence-electron chi connectivity index (χ4n) is 2.60. The van der Waals surface area contributed by atoms with Crippen molar-refractivity contribution in [3.8, 4) is 12.3 Å². The number of aryl methyl sites for hydroxylation is 2. The van der Waals surface area contributed by atoms with Crippen molar-refractivity contribution < 1.29 is 13.2 Å². The van der Waals surface area contributed by atoms with Crippen molar-refractivity contribution in [3.63, 3.8) is 0 Å². The van der Waals surface area contributed by atoms with Crippen LogP contribution in [0.2, 0.25) is 0 Å². The van der Waals surface area contributed by atoms with Gasteiger partial charge in [0.2, 0.25) is 0 Å². The van der Waals surface area contributed by atoms with Crippen LogP contribution in [-0.2, 0) is 16.3 Å². The Morgan fingerprint density at radius 2 is 2.29 bits per heavy atom. The van der Waals surface area contributed by atoms with Crippen molar-refractivity contribution in [3.05, 3.63) is 21.4 Å². The van der Waals surface area contributed by atoms with Crippen LogP contribution in [0, 0.1) is 19.3 Å². The van der Waals surface area contributed by atoms with Gasteiger partial charge in [-0.05, 0) is 31.4 Å². The van der Waals surface area contributed by atoms with Gasteiger partial charge in [0.05, 0.1) is 22.9 Å². The monoisotopic (exact) mass is 325 g/mol. The molecule has 0 bridgehead atoms. The van der Waals surface area contributed by atoms with Crippen LogP contribution in [0.3, 0.4) is 0 Å². The lowest BCUT2D eigenvalue weighted by Crippen LogP contribution is -2.41. The summed E-state index contributed by atoms with van der Waals surface area (Å²) in [5.74, 6) is 2.48. The van der Waals surface area contributed by atoms with Crippen LogP contribution in [0.4, 0.5) is 0 Å². The molecule has 1 aliphatic rings. The molecule has 6 heteroatoms. The molecular formula is C15H19NO3S2. The molecule has 1 aromatic heterocycles. The van der Waals surface area contributed by atoms with Gasteiger partial charge in [0, 0.05) is 10.9 Å². The van der Waals surface area contributed by atoms with E-state index in [-0.39, 0.29) is 30.0 Å². The number of carbonyl (C=O) groups excluding carboxylic acids is 1. The van der Waals surface area contributed by atoms with Gasteiger partial charge in [-0.2, -0.15) is 0 Å². The predicted molar refractivity (Wildman–Crippen MR) is 85.4 cm³/mol. The van der Waals surface area contributed by atoms with E-state index in [1.165, 1.54) is 21.1 Å². The smallest absolute Gasteiger partial charge is 0.265 e. The molecule has 1 saturated heterocycles. The van der Waals surface area contributed by atoms with Gasteiger partial charge in [-0.3, -0.25) is 4.79 Å². The van der Waals surface area contributed by atoms with Crippen LogP contribution in [0.5, 0.6) is 0 Å². The third-order valence-electron chi connectivity index (χ3n) is 3.72. The number of hydrogen-bond acceptors (Lipinski definition) is 4. The summed E-state index contributed by atoms with van der Waals surface area (Å²) in [6, 6.07) is 1.57. The minimum Gasteiger partial charge on any atom is -0.323 e. The van der Waals surface area contributed by atoms with Crippen LogP contribution in [0.25, 0.3) is 0 Å². The average Bonchev–Trinajstić information content (AvgIpc) is 2.97. The van der Waals surface area contributed by atoms with E-state index in [1.807, 2.05) is 13.0 Å². The van der Waals surface area contributed by atoms with Crippen LogP contribution in [-0.4, -0.2) is 43.3 Å². The molecule has 1 atom stereocenters. The molecule has 114 valence electrons. The molecule has 0 aliphatic carbocycles. The molecule has 0 aromatic carbocycles. The lowest BCUT2D eigenvalue weighted by atomic mass is 10.2. The first kappa shape index (κ1) is 16.1. The van der Waals surface area contributed by atoms with Gasteiger partial charge in [-0.25, -0.2) is 8.42 Å². The number of nitrogens with zero attached hydrogens (tertiary/aromatic N) is 1. The predicted octanol–water partition coefficient (Wildman–Crippen LogP) is 1.88. The first-order chi connectivity index (χ1) is 9.88. The highest BCUT2D eigenvalue weighted by molar-refractivity contribution is 7.91. The molecule has 2 rings (SSSR count). The minimum atomic E-state index is -3.04. The van der Waals surface area contributed by atoms with Crippen LogP contribution >= 0.6 is 11.3 Å². The van der Waals surface area contributed by atoms with Gasteiger partial charge < -0.3 is 4.90 Å². The van der Waals surface area contributed by atoms with E-state index >= 15 is 0 Å². The van der Waals surface area contributed by atoms with Crippen LogP contribution < -0.4 is 0 Å². The molecule has 0 spiro atoms. The third kappa shape index (κ3) is 3.47. The maximum Gasteiger partial charge on any atom is 0.265 e. The second-order valence-corrected chi connectivity index (χ2v) is 8.63. The zero-order valence-corrected chi connectivity index (χ0v) is 13.9. The lowest BCUT2D eigenvalue weighted by Gasteiger charge is -2.25. The van der Waals surface area contributed by atoms with Crippen molar-refractivity contribution in [2.24, 2.45) is 0 Å². The molecule has 2 heterocycles. The molecular weight excluding hydrogens is 306 g/mol. The normalized spacial score (nSPS) is 20.1. The van der Waals surface area contributed by atoms with E-state index in [0.717, 1.165) is 12.0 Å². The Hall–Kier alpha value is -1.32. The fraction of sp³-hybridized carbons (Fsp3) is 0.533. The number of hydrogen-bond donors (Lipinski definition) is 0. The van der Waals surface area contributed by atoms with Crippen LogP contribution in [0.15, 0.2) is 6.07 Å². The summed E-state index contributed by atoms with van der Waals surface area (Å²) in [5, 5.41) is 0. The molecule has 1 amide bonds. The summed E-state index contributed by atoms with van der Waals surface area (Å²) in [4.78, 5) is 16.0.